The number of fused-ring (bicyclic) bond motifs is 1. The van der Waals surface area contributed by atoms with Gasteiger partial charge in [0, 0.05) is 12.1 Å². The van der Waals surface area contributed by atoms with Crippen molar-refractivity contribution >= 4 is 21.7 Å². The van der Waals surface area contributed by atoms with Gasteiger partial charge >= 0.3 is 6.18 Å². The van der Waals surface area contributed by atoms with Crippen molar-refractivity contribution in [3.8, 4) is 0 Å². The monoisotopic (exact) mass is 520 g/mol. The summed E-state index contributed by atoms with van der Waals surface area (Å²) in [4.78, 5) is 21.9. The largest absolute Gasteiger partial charge is 0.416 e. The molecule has 11 heteroatoms. The van der Waals surface area contributed by atoms with Crippen molar-refractivity contribution in [2.75, 3.05) is 11.9 Å². The van der Waals surface area contributed by atoms with Gasteiger partial charge in [-0.15, -0.1) is 0 Å². The molecule has 1 N–H and O–H groups in total. The van der Waals surface area contributed by atoms with E-state index in [1.54, 1.807) is 0 Å². The number of anilines is 1. The Labute approximate surface area is 207 Å². The van der Waals surface area contributed by atoms with Crippen molar-refractivity contribution in [2.45, 2.75) is 62.6 Å². The van der Waals surface area contributed by atoms with Crippen LogP contribution in [-0.2, 0) is 34.0 Å². The molecule has 36 heavy (non-hydrogen) atoms. The topological polar surface area (TPSA) is 92.3 Å². The van der Waals surface area contributed by atoms with Crippen LogP contribution in [0.2, 0.25) is 0 Å². The predicted molar refractivity (Wildman–Crippen MR) is 124 cm³/mol. The fourth-order valence-electron chi connectivity index (χ4n) is 7.24. The third-order valence-corrected chi connectivity index (χ3v) is 10.4. The summed E-state index contributed by atoms with van der Waals surface area (Å²) in [5.74, 6) is 2.34. The van der Waals surface area contributed by atoms with Crippen molar-refractivity contribution in [3.63, 3.8) is 0 Å². The van der Waals surface area contributed by atoms with Crippen LogP contribution in [0.1, 0.15) is 55.3 Å². The van der Waals surface area contributed by atoms with Crippen LogP contribution < -0.4 is 5.32 Å². The molecule has 7 rings (SSSR count). The maximum Gasteiger partial charge on any atom is 0.416 e. The molecule has 7 nitrogen and oxygen atoms in total. The predicted octanol–water partition coefficient (Wildman–Crippen LogP) is 4.40. The molecule has 1 amide bonds. The summed E-state index contributed by atoms with van der Waals surface area (Å²) in [5, 5.41) is 3.07. The first-order valence-electron chi connectivity index (χ1n) is 12.4. The van der Waals surface area contributed by atoms with Gasteiger partial charge in [0.05, 0.1) is 28.1 Å². The Morgan fingerprint density at radius 1 is 1.00 bits per heavy atom. The first kappa shape index (κ1) is 23.8. The number of aromatic nitrogens is 2. The molecule has 0 saturated heterocycles. The molecule has 1 aliphatic heterocycles. The normalized spacial score (nSPS) is 29.7. The number of carbonyl (C=O) groups is 1. The molecule has 0 spiro atoms. The number of nitrogens with one attached hydrogen (secondary N) is 1. The van der Waals surface area contributed by atoms with E-state index >= 15 is 0 Å². The molecule has 2 aromatic rings. The number of alkyl halides is 3. The van der Waals surface area contributed by atoms with Gasteiger partial charge in [-0.3, -0.25) is 4.79 Å². The smallest absolute Gasteiger partial charge is 0.310 e. The third kappa shape index (κ3) is 4.00. The number of rotatable bonds is 4. The van der Waals surface area contributed by atoms with Crippen LogP contribution in [0.4, 0.5) is 19.0 Å². The van der Waals surface area contributed by atoms with E-state index in [0.29, 0.717) is 35.7 Å². The molecule has 0 radical (unpaired) electrons. The zero-order valence-corrected chi connectivity index (χ0v) is 20.4. The highest BCUT2D eigenvalue weighted by molar-refractivity contribution is 7.89. The van der Waals surface area contributed by atoms with Crippen molar-refractivity contribution in [1.29, 1.82) is 0 Å². The Hall–Kier alpha value is -2.53. The minimum atomic E-state index is -4.54. The number of amides is 1. The molecule has 1 aromatic heterocycles. The zero-order chi connectivity index (χ0) is 25.3. The van der Waals surface area contributed by atoms with Crippen LogP contribution in [0.3, 0.4) is 0 Å². The second-order valence-electron chi connectivity index (χ2n) is 10.9. The van der Waals surface area contributed by atoms with Gasteiger partial charge in [0.1, 0.15) is 12.1 Å². The van der Waals surface area contributed by atoms with Gasteiger partial charge in [-0.05, 0) is 87.0 Å². The molecule has 5 aliphatic rings. The van der Waals surface area contributed by atoms with E-state index in [9.17, 15) is 26.4 Å². The second-order valence-corrected chi connectivity index (χ2v) is 12.8. The van der Waals surface area contributed by atoms with Gasteiger partial charge in [-0.25, -0.2) is 18.4 Å². The van der Waals surface area contributed by atoms with E-state index in [2.05, 4.69) is 15.3 Å². The summed E-state index contributed by atoms with van der Waals surface area (Å²) in [6.45, 7) is 0.0748. The molecular formula is C25H27F3N4O3S. The summed E-state index contributed by atoms with van der Waals surface area (Å²) >= 11 is 0. The van der Waals surface area contributed by atoms with Crippen LogP contribution in [0, 0.1) is 23.2 Å². The van der Waals surface area contributed by atoms with E-state index in [4.69, 9.17) is 0 Å². The number of nitrogens with zero attached hydrogens (tertiary/aromatic N) is 3. The Balaban J connectivity index is 1.20. The maximum atomic E-state index is 13.5. The van der Waals surface area contributed by atoms with Crippen LogP contribution >= 0.6 is 0 Å². The average Bonchev–Trinajstić information content (AvgIpc) is 2.82. The highest BCUT2D eigenvalue weighted by Crippen LogP contribution is 2.60. The lowest BCUT2D eigenvalue weighted by atomic mass is 9.49. The highest BCUT2D eigenvalue weighted by atomic mass is 32.2. The van der Waals surface area contributed by atoms with Crippen LogP contribution in [-0.4, -0.2) is 35.1 Å². The molecule has 0 atom stereocenters. The fraction of sp³-hybridized carbons (Fsp3) is 0.560. The number of benzene rings is 1. The number of carbonyl (C=O) groups excluding carboxylic acids is 1. The maximum absolute atomic E-state index is 13.5. The summed E-state index contributed by atoms with van der Waals surface area (Å²) in [5.41, 5.74) is -0.0290. The van der Waals surface area contributed by atoms with E-state index in [0.717, 1.165) is 49.1 Å². The zero-order valence-electron chi connectivity index (χ0n) is 19.6. The molecule has 4 fully saturated rings. The molecule has 2 heterocycles. The Morgan fingerprint density at radius 3 is 2.19 bits per heavy atom. The van der Waals surface area contributed by atoms with Crippen LogP contribution in [0.5, 0.6) is 0 Å². The molecular weight excluding hydrogens is 493 g/mol. The van der Waals surface area contributed by atoms with Gasteiger partial charge in [-0.1, -0.05) is 0 Å². The molecule has 0 unspecified atom stereocenters. The summed E-state index contributed by atoms with van der Waals surface area (Å²) in [6, 6.07) is 3.49. The highest BCUT2D eigenvalue weighted by Gasteiger charge is 2.54. The van der Waals surface area contributed by atoms with Gasteiger partial charge in [0.25, 0.3) is 0 Å². The van der Waals surface area contributed by atoms with Crippen molar-refractivity contribution < 1.29 is 26.4 Å². The van der Waals surface area contributed by atoms with Crippen LogP contribution in [0.25, 0.3) is 0 Å². The summed E-state index contributed by atoms with van der Waals surface area (Å²) in [7, 11) is -4.02. The van der Waals surface area contributed by atoms with Crippen molar-refractivity contribution in [2.24, 2.45) is 23.2 Å². The number of halogens is 3. The average molecular weight is 521 g/mol. The number of hydrogen-bond donors (Lipinski definition) is 1. The number of hydrogen-bond acceptors (Lipinski definition) is 5. The summed E-state index contributed by atoms with van der Waals surface area (Å²) < 4.78 is 66.0. The minimum absolute atomic E-state index is 0.0160. The third-order valence-electron chi connectivity index (χ3n) is 8.54. The van der Waals surface area contributed by atoms with Crippen LogP contribution in [0.15, 0.2) is 35.5 Å². The van der Waals surface area contributed by atoms with E-state index in [1.807, 2.05) is 0 Å². The first-order chi connectivity index (χ1) is 17.0. The lowest BCUT2D eigenvalue weighted by Crippen LogP contribution is -2.52. The molecule has 192 valence electrons. The standard InChI is InChI=1S/C25H27F3N4O3S/c26-25(27,28)18-1-3-19(4-2-18)36(34,35)32-6-5-20-21(13-32)29-14-30-22(20)31-23(33)24-10-15-7-16(11-24)9-17(8-15)12-24/h1-4,14-17H,5-13H2,(H,29,30,31,33). The molecule has 1 aromatic carbocycles. The molecule has 4 aliphatic carbocycles. The lowest BCUT2D eigenvalue weighted by molar-refractivity contribution is -0.140. The fourth-order valence-corrected chi connectivity index (χ4v) is 8.64. The SMILES string of the molecule is O=C(Nc1ncnc2c1CCN(S(=O)(=O)c1ccc(C(F)(F)F)cc1)C2)C12CC3CC(CC(C3)C1)C2. The summed E-state index contributed by atoms with van der Waals surface area (Å²) in [6.07, 6.45) is 3.57. The van der Waals surface area contributed by atoms with Gasteiger partial charge in [0.2, 0.25) is 15.9 Å². The van der Waals surface area contributed by atoms with Crippen molar-refractivity contribution in [3.05, 3.63) is 47.4 Å². The van der Waals surface area contributed by atoms with Gasteiger partial charge in [-0.2, -0.15) is 17.5 Å². The Morgan fingerprint density at radius 2 is 1.61 bits per heavy atom. The van der Waals surface area contributed by atoms with Gasteiger partial charge < -0.3 is 5.32 Å². The lowest BCUT2D eigenvalue weighted by Gasteiger charge is -2.55. The number of sulfonamides is 1. The minimum Gasteiger partial charge on any atom is -0.310 e. The second kappa shape index (κ2) is 8.24. The quantitative estimate of drug-likeness (QED) is 0.645. The molecule has 4 bridgehead atoms. The van der Waals surface area contributed by atoms with E-state index in [-0.39, 0.29) is 29.3 Å². The first-order valence-corrected chi connectivity index (χ1v) is 13.8. The Bertz CT molecular complexity index is 1280. The van der Waals surface area contributed by atoms with Crippen molar-refractivity contribution in [1.82, 2.24) is 14.3 Å². The van der Waals surface area contributed by atoms with E-state index in [1.165, 1.54) is 29.9 Å². The van der Waals surface area contributed by atoms with Gasteiger partial charge in [0.15, 0.2) is 0 Å². The Kier molecular flexibility index (Phi) is 5.46. The van der Waals surface area contributed by atoms with E-state index < -0.39 is 21.8 Å². The molecule has 4 saturated carbocycles.